The molecule has 6 heteroatoms. The summed E-state index contributed by atoms with van der Waals surface area (Å²) < 4.78 is 11.2. The van der Waals surface area contributed by atoms with Gasteiger partial charge in [-0.15, -0.1) is 0 Å². The lowest BCUT2D eigenvalue weighted by molar-refractivity contribution is -0.0145. The van der Waals surface area contributed by atoms with E-state index >= 15 is 0 Å². The van der Waals surface area contributed by atoms with E-state index in [0.717, 1.165) is 47.8 Å². The smallest absolute Gasteiger partial charge is 0.124 e. The van der Waals surface area contributed by atoms with E-state index < -0.39 is 0 Å². The number of ether oxygens (including phenoxy) is 2. The molecule has 0 amide bonds. The van der Waals surface area contributed by atoms with E-state index in [1.165, 1.54) is 0 Å². The van der Waals surface area contributed by atoms with E-state index in [1.54, 1.807) is 0 Å². The van der Waals surface area contributed by atoms with Gasteiger partial charge in [-0.3, -0.25) is 10.00 Å². The van der Waals surface area contributed by atoms with E-state index in [4.69, 9.17) is 9.47 Å². The maximum absolute atomic E-state index is 9.59. The van der Waals surface area contributed by atoms with Crippen molar-refractivity contribution in [3.8, 4) is 5.75 Å². The monoisotopic (exact) mass is 331 g/mol. The van der Waals surface area contributed by atoms with Gasteiger partial charge in [0.15, 0.2) is 0 Å². The third-order valence-electron chi connectivity index (χ3n) is 4.42. The van der Waals surface area contributed by atoms with Crippen molar-refractivity contribution >= 4 is 0 Å². The molecule has 2 aromatic rings. The van der Waals surface area contributed by atoms with Crippen LogP contribution in [0.3, 0.4) is 0 Å². The Bertz CT molecular complexity index is 671. The number of nitrogens with zero attached hydrogens (tertiary/aromatic N) is 2. The van der Waals surface area contributed by atoms with Crippen LogP contribution in [0.2, 0.25) is 0 Å². The summed E-state index contributed by atoms with van der Waals surface area (Å²) in [4.78, 5) is 2.39. The lowest BCUT2D eigenvalue weighted by atomic mass is 10.1. The Morgan fingerprint density at radius 2 is 2.33 bits per heavy atom. The topological polar surface area (TPSA) is 70.6 Å². The van der Waals surface area contributed by atoms with Crippen molar-refractivity contribution in [1.82, 2.24) is 15.1 Å². The van der Waals surface area contributed by atoms with E-state index in [2.05, 4.69) is 28.1 Å². The zero-order chi connectivity index (χ0) is 16.9. The van der Waals surface area contributed by atoms with E-state index in [-0.39, 0.29) is 12.6 Å². The fourth-order valence-electron chi connectivity index (χ4n) is 3.17. The molecule has 1 aliphatic rings. The summed E-state index contributed by atoms with van der Waals surface area (Å²) in [7, 11) is 0. The Morgan fingerprint density at radius 1 is 1.46 bits per heavy atom. The molecule has 24 heavy (non-hydrogen) atoms. The molecule has 1 unspecified atom stereocenters. The van der Waals surface area contributed by atoms with E-state index in [9.17, 15) is 5.11 Å². The maximum atomic E-state index is 9.59. The van der Waals surface area contributed by atoms with Crippen LogP contribution in [0.4, 0.5) is 0 Å². The Morgan fingerprint density at radius 3 is 3.04 bits per heavy atom. The van der Waals surface area contributed by atoms with Crippen LogP contribution in [-0.4, -0.2) is 46.6 Å². The standard InChI is InChI=1S/C18H25N3O3/c1-3-24-17-5-4-14(8-15(17)11-22)10-21-6-7-23-12-16(21)18-13(2)9-19-20-18/h4-5,8-9,16,22H,3,6-7,10-12H2,1-2H3,(H,19,20). The summed E-state index contributed by atoms with van der Waals surface area (Å²) in [5.74, 6) is 0.756. The predicted molar refractivity (Wildman–Crippen MR) is 90.8 cm³/mol. The van der Waals surface area contributed by atoms with Gasteiger partial charge < -0.3 is 14.6 Å². The third kappa shape index (κ3) is 3.61. The Hall–Kier alpha value is -1.89. The lowest BCUT2D eigenvalue weighted by Gasteiger charge is -2.35. The van der Waals surface area contributed by atoms with Gasteiger partial charge in [-0.25, -0.2) is 0 Å². The molecule has 0 bridgehead atoms. The Labute approximate surface area is 142 Å². The molecule has 2 heterocycles. The molecule has 1 fully saturated rings. The zero-order valence-electron chi connectivity index (χ0n) is 14.3. The quantitative estimate of drug-likeness (QED) is 0.849. The number of H-pyrrole nitrogens is 1. The number of hydrogen-bond donors (Lipinski definition) is 2. The van der Waals surface area contributed by atoms with Crippen LogP contribution >= 0.6 is 0 Å². The van der Waals surface area contributed by atoms with Gasteiger partial charge in [0.1, 0.15) is 5.75 Å². The molecule has 0 radical (unpaired) electrons. The van der Waals surface area contributed by atoms with Gasteiger partial charge in [0, 0.05) is 18.7 Å². The average molecular weight is 331 g/mol. The molecule has 130 valence electrons. The van der Waals surface area contributed by atoms with Crippen LogP contribution in [0.25, 0.3) is 0 Å². The molecular formula is C18H25N3O3. The van der Waals surface area contributed by atoms with E-state index in [1.807, 2.05) is 25.3 Å². The van der Waals surface area contributed by atoms with Crippen molar-refractivity contribution in [1.29, 1.82) is 0 Å². The number of aryl methyl sites for hydroxylation is 1. The second-order valence-corrected chi connectivity index (χ2v) is 6.06. The van der Waals surface area contributed by atoms with Crippen LogP contribution in [0, 0.1) is 6.92 Å². The second kappa shape index (κ2) is 7.79. The highest BCUT2D eigenvalue weighted by atomic mass is 16.5. The highest BCUT2D eigenvalue weighted by molar-refractivity contribution is 5.37. The number of aromatic amines is 1. The van der Waals surface area contributed by atoms with Crippen molar-refractivity contribution in [2.75, 3.05) is 26.4 Å². The summed E-state index contributed by atoms with van der Waals surface area (Å²) in [6.45, 7) is 7.63. The van der Waals surface area contributed by atoms with Gasteiger partial charge in [0.05, 0.1) is 44.4 Å². The van der Waals surface area contributed by atoms with Crippen LogP contribution < -0.4 is 4.74 Å². The fraction of sp³-hybridized carbons (Fsp3) is 0.500. The molecule has 1 aromatic carbocycles. The first-order valence-electron chi connectivity index (χ1n) is 8.40. The number of benzene rings is 1. The lowest BCUT2D eigenvalue weighted by Crippen LogP contribution is -2.39. The van der Waals surface area contributed by atoms with Gasteiger partial charge in [-0.1, -0.05) is 6.07 Å². The predicted octanol–water partition coefficient (Wildman–Crippen LogP) is 2.18. The minimum atomic E-state index is -0.0185. The first-order chi connectivity index (χ1) is 11.7. The van der Waals surface area contributed by atoms with Crippen LogP contribution in [0.5, 0.6) is 5.75 Å². The van der Waals surface area contributed by atoms with Gasteiger partial charge in [-0.05, 0) is 37.1 Å². The number of hydrogen-bond acceptors (Lipinski definition) is 5. The number of aliphatic hydroxyl groups is 1. The van der Waals surface area contributed by atoms with Crippen LogP contribution in [-0.2, 0) is 17.9 Å². The Kier molecular flexibility index (Phi) is 5.50. The first-order valence-corrected chi connectivity index (χ1v) is 8.40. The van der Waals surface area contributed by atoms with Gasteiger partial charge in [0.25, 0.3) is 0 Å². The van der Waals surface area contributed by atoms with Gasteiger partial charge in [0.2, 0.25) is 0 Å². The minimum Gasteiger partial charge on any atom is -0.494 e. The third-order valence-corrected chi connectivity index (χ3v) is 4.42. The van der Waals surface area contributed by atoms with Crippen LogP contribution in [0.15, 0.2) is 24.4 Å². The molecule has 1 saturated heterocycles. The average Bonchev–Trinajstić information content (AvgIpc) is 3.03. The largest absolute Gasteiger partial charge is 0.494 e. The summed E-state index contributed by atoms with van der Waals surface area (Å²) in [6.07, 6.45) is 1.85. The second-order valence-electron chi connectivity index (χ2n) is 6.06. The summed E-state index contributed by atoms with van der Waals surface area (Å²) in [5, 5.41) is 16.8. The summed E-state index contributed by atoms with van der Waals surface area (Å²) in [6, 6.07) is 6.21. The minimum absolute atomic E-state index is 0.0185. The fourth-order valence-corrected chi connectivity index (χ4v) is 3.17. The van der Waals surface area contributed by atoms with E-state index in [0.29, 0.717) is 13.2 Å². The van der Waals surface area contributed by atoms with Gasteiger partial charge >= 0.3 is 0 Å². The SMILES string of the molecule is CCOc1ccc(CN2CCOCC2c2[nH]ncc2C)cc1CO. The van der Waals surface area contributed by atoms with Crippen molar-refractivity contribution in [3.63, 3.8) is 0 Å². The van der Waals surface area contributed by atoms with Gasteiger partial charge in [-0.2, -0.15) is 5.10 Å². The molecule has 1 aliphatic heterocycles. The van der Waals surface area contributed by atoms with Crippen LogP contribution in [0.1, 0.15) is 35.3 Å². The highest BCUT2D eigenvalue weighted by Gasteiger charge is 2.27. The molecule has 6 nitrogen and oxygen atoms in total. The molecule has 3 rings (SSSR count). The first kappa shape index (κ1) is 17.0. The normalized spacial score (nSPS) is 18.7. The number of aliphatic hydroxyl groups excluding tert-OH is 1. The summed E-state index contributed by atoms with van der Waals surface area (Å²) >= 11 is 0. The number of rotatable bonds is 6. The molecular weight excluding hydrogens is 306 g/mol. The van der Waals surface area contributed by atoms with Crippen molar-refractivity contribution in [3.05, 3.63) is 46.8 Å². The molecule has 1 atom stereocenters. The maximum Gasteiger partial charge on any atom is 0.124 e. The molecule has 0 aliphatic carbocycles. The van der Waals surface area contributed by atoms with Crippen molar-refractivity contribution < 1.29 is 14.6 Å². The van der Waals surface area contributed by atoms with Crippen molar-refractivity contribution in [2.45, 2.75) is 33.0 Å². The Balaban J connectivity index is 1.79. The number of nitrogens with one attached hydrogen (secondary N) is 1. The number of aromatic nitrogens is 2. The molecule has 2 N–H and O–H groups in total. The number of morpholine rings is 1. The zero-order valence-corrected chi connectivity index (χ0v) is 14.3. The molecule has 1 aromatic heterocycles. The molecule has 0 spiro atoms. The van der Waals surface area contributed by atoms with Crippen molar-refractivity contribution in [2.24, 2.45) is 0 Å². The molecule has 0 saturated carbocycles. The highest BCUT2D eigenvalue weighted by Crippen LogP contribution is 2.28. The summed E-state index contributed by atoms with van der Waals surface area (Å²) in [5.41, 5.74) is 4.25.